The van der Waals surface area contributed by atoms with E-state index in [2.05, 4.69) is 0 Å². The Labute approximate surface area is 112 Å². The summed E-state index contributed by atoms with van der Waals surface area (Å²) in [6, 6.07) is 4.93. The third-order valence-electron chi connectivity index (χ3n) is 2.31. The fraction of sp³-hybridized carbons (Fsp3) is 0.462. The third-order valence-corrected chi connectivity index (χ3v) is 2.84. The van der Waals surface area contributed by atoms with Crippen molar-refractivity contribution in [2.24, 2.45) is 5.41 Å². The summed E-state index contributed by atoms with van der Waals surface area (Å²) >= 11 is 11.8. The molecular weight excluding hydrogens is 259 g/mol. The molecule has 1 atom stereocenters. The van der Waals surface area contributed by atoms with E-state index in [4.69, 9.17) is 27.9 Å². The second-order valence-corrected chi connectivity index (χ2v) is 5.79. The van der Waals surface area contributed by atoms with Gasteiger partial charge in [-0.2, -0.15) is 0 Å². The largest absolute Gasteiger partial charge is 0.481 e. The highest BCUT2D eigenvalue weighted by molar-refractivity contribution is 6.35. The van der Waals surface area contributed by atoms with Crippen molar-refractivity contribution >= 4 is 29.0 Å². The molecule has 0 aromatic heterocycles. The number of hydrogen-bond acceptors (Lipinski definition) is 2. The first-order valence-corrected chi connectivity index (χ1v) is 6.13. The minimum atomic E-state index is -0.534. The zero-order chi connectivity index (χ0) is 13.2. The first-order chi connectivity index (χ1) is 7.71. The zero-order valence-corrected chi connectivity index (χ0v) is 11.9. The van der Waals surface area contributed by atoms with Crippen LogP contribution in [0.1, 0.15) is 27.7 Å². The van der Waals surface area contributed by atoms with Crippen molar-refractivity contribution in [1.82, 2.24) is 0 Å². The van der Waals surface area contributed by atoms with Gasteiger partial charge in [-0.15, -0.1) is 0 Å². The summed E-state index contributed by atoms with van der Waals surface area (Å²) in [5.74, 6) is 0.504. The van der Waals surface area contributed by atoms with Gasteiger partial charge in [0.2, 0.25) is 0 Å². The van der Waals surface area contributed by atoms with Crippen LogP contribution in [0.4, 0.5) is 0 Å². The second-order valence-electron chi connectivity index (χ2n) is 4.95. The molecule has 0 heterocycles. The summed E-state index contributed by atoms with van der Waals surface area (Å²) < 4.78 is 5.55. The Morgan fingerprint density at radius 1 is 1.29 bits per heavy atom. The maximum atomic E-state index is 12.0. The van der Waals surface area contributed by atoms with E-state index in [1.54, 1.807) is 25.1 Å². The number of carbonyl (C=O) groups excluding carboxylic acids is 1. The van der Waals surface area contributed by atoms with Crippen molar-refractivity contribution in [3.05, 3.63) is 28.2 Å². The molecule has 1 rings (SSSR count). The monoisotopic (exact) mass is 274 g/mol. The molecule has 0 saturated heterocycles. The van der Waals surface area contributed by atoms with E-state index in [1.165, 1.54) is 0 Å². The maximum absolute atomic E-state index is 12.0. The van der Waals surface area contributed by atoms with Crippen LogP contribution >= 0.6 is 23.2 Å². The Hall–Kier alpha value is -0.730. The van der Waals surface area contributed by atoms with Crippen LogP contribution in [-0.2, 0) is 4.79 Å². The molecule has 1 aromatic rings. The molecule has 0 aliphatic carbocycles. The number of hydrogen-bond donors (Lipinski definition) is 0. The van der Waals surface area contributed by atoms with Gasteiger partial charge in [0.05, 0.1) is 5.02 Å². The van der Waals surface area contributed by atoms with Gasteiger partial charge in [0.15, 0.2) is 11.9 Å². The Morgan fingerprint density at radius 2 is 1.88 bits per heavy atom. The van der Waals surface area contributed by atoms with E-state index in [0.717, 1.165) is 0 Å². The lowest BCUT2D eigenvalue weighted by Crippen LogP contribution is -2.34. The molecule has 17 heavy (non-hydrogen) atoms. The van der Waals surface area contributed by atoms with Crippen molar-refractivity contribution < 1.29 is 9.53 Å². The van der Waals surface area contributed by atoms with Gasteiger partial charge in [-0.05, 0) is 25.1 Å². The number of Topliss-reactive ketones (excluding diaryl/α,β-unsaturated/α-hetero) is 1. The van der Waals surface area contributed by atoms with Crippen LogP contribution in [0.15, 0.2) is 18.2 Å². The fourth-order valence-corrected chi connectivity index (χ4v) is 1.88. The Bertz CT molecular complexity index is 422. The fourth-order valence-electron chi connectivity index (χ4n) is 1.42. The molecule has 0 radical (unpaired) electrons. The minimum Gasteiger partial charge on any atom is -0.481 e. The van der Waals surface area contributed by atoms with Crippen LogP contribution in [0.3, 0.4) is 0 Å². The highest BCUT2D eigenvalue weighted by Crippen LogP contribution is 2.29. The average molecular weight is 275 g/mol. The van der Waals surface area contributed by atoms with Gasteiger partial charge in [-0.1, -0.05) is 44.0 Å². The highest BCUT2D eigenvalue weighted by Gasteiger charge is 2.28. The second kappa shape index (κ2) is 5.28. The molecule has 0 aliphatic heterocycles. The Kier molecular flexibility index (Phi) is 4.45. The van der Waals surface area contributed by atoms with Gasteiger partial charge >= 0.3 is 0 Å². The first kappa shape index (κ1) is 14.3. The smallest absolute Gasteiger partial charge is 0.178 e. The number of ketones is 1. The lowest BCUT2D eigenvalue weighted by atomic mass is 9.88. The van der Waals surface area contributed by atoms with Crippen LogP contribution in [0.5, 0.6) is 5.75 Å². The topological polar surface area (TPSA) is 26.3 Å². The van der Waals surface area contributed by atoms with Gasteiger partial charge in [0, 0.05) is 10.4 Å². The van der Waals surface area contributed by atoms with Crippen molar-refractivity contribution in [2.45, 2.75) is 33.8 Å². The molecule has 1 unspecified atom stereocenters. The predicted molar refractivity (Wildman–Crippen MR) is 71.0 cm³/mol. The van der Waals surface area contributed by atoms with Gasteiger partial charge in [-0.3, -0.25) is 4.79 Å². The van der Waals surface area contributed by atoms with E-state index in [-0.39, 0.29) is 5.78 Å². The molecule has 0 N–H and O–H groups in total. The molecular formula is C13H16Cl2O2. The van der Waals surface area contributed by atoms with Crippen LogP contribution in [0.2, 0.25) is 10.0 Å². The Morgan fingerprint density at radius 3 is 2.35 bits per heavy atom. The molecule has 2 nitrogen and oxygen atoms in total. The quantitative estimate of drug-likeness (QED) is 0.818. The van der Waals surface area contributed by atoms with Crippen LogP contribution < -0.4 is 4.74 Å². The summed E-state index contributed by atoms with van der Waals surface area (Å²) in [6.45, 7) is 7.30. The van der Waals surface area contributed by atoms with E-state index in [9.17, 15) is 4.79 Å². The van der Waals surface area contributed by atoms with Crippen molar-refractivity contribution in [2.75, 3.05) is 0 Å². The van der Waals surface area contributed by atoms with Gasteiger partial charge in [0.25, 0.3) is 0 Å². The van der Waals surface area contributed by atoms with E-state index < -0.39 is 11.5 Å². The molecule has 0 aliphatic rings. The molecule has 94 valence electrons. The van der Waals surface area contributed by atoms with Crippen molar-refractivity contribution in [1.29, 1.82) is 0 Å². The average Bonchev–Trinajstić information content (AvgIpc) is 2.19. The number of benzene rings is 1. The Balaban J connectivity index is 2.81. The number of halogens is 2. The SMILES string of the molecule is CC(Oc1ccc(Cl)cc1Cl)C(=O)C(C)(C)C. The van der Waals surface area contributed by atoms with Crippen molar-refractivity contribution in [3.8, 4) is 5.75 Å². The summed E-state index contributed by atoms with van der Waals surface area (Å²) in [5.41, 5.74) is -0.432. The van der Waals surface area contributed by atoms with E-state index in [1.807, 2.05) is 20.8 Å². The minimum absolute atomic E-state index is 0.0310. The lowest BCUT2D eigenvalue weighted by molar-refractivity contribution is -0.132. The molecule has 0 saturated carbocycles. The zero-order valence-electron chi connectivity index (χ0n) is 10.4. The normalized spacial score (nSPS) is 13.3. The molecule has 0 fully saturated rings. The predicted octanol–water partition coefficient (Wildman–Crippen LogP) is 4.38. The van der Waals surface area contributed by atoms with Gasteiger partial charge < -0.3 is 4.74 Å². The number of rotatable bonds is 3. The molecule has 0 spiro atoms. The summed E-state index contributed by atoms with van der Waals surface area (Å²) in [5, 5.41) is 0.947. The summed E-state index contributed by atoms with van der Waals surface area (Å²) in [7, 11) is 0. The maximum Gasteiger partial charge on any atom is 0.178 e. The third kappa shape index (κ3) is 3.90. The summed E-state index contributed by atoms with van der Waals surface area (Å²) in [4.78, 5) is 12.0. The first-order valence-electron chi connectivity index (χ1n) is 5.38. The van der Waals surface area contributed by atoms with Gasteiger partial charge in [-0.25, -0.2) is 0 Å². The number of ether oxygens (including phenoxy) is 1. The molecule has 0 bridgehead atoms. The van der Waals surface area contributed by atoms with Crippen molar-refractivity contribution in [3.63, 3.8) is 0 Å². The molecule has 1 aromatic carbocycles. The molecule has 0 amide bonds. The number of carbonyl (C=O) groups is 1. The van der Waals surface area contributed by atoms with Gasteiger partial charge in [0.1, 0.15) is 5.75 Å². The highest BCUT2D eigenvalue weighted by atomic mass is 35.5. The summed E-state index contributed by atoms with van der Waals surface area (Å²) in [6.07, 6.45) is -0.534. The van der Waals surface area contributed by atoms with Crippen LogP contribution in [-0.4, -0.2) is 11.9 Å². The lowest BCUT2D eigenvalue weighted by Gasteiger charge is -2.23. The van der Waals surface area contributed by atoms with Crippen LogP contribution in [0.25, 0.3) is 0 Å². The van der Waals surface area contributed by atoms with E-state index in [0.29, 0.717) is 15.8 Å². The van der Waals surface area contributed by atoms with E-state index >= 15 is 0 Å². The standard InChI is InChI=1S/C13H16Cl2O2/c1-8(12(16)13(2,3)4)17-11-6-5-9(14)7-10(11)15/h5-8H,1-4H3. The molecule has 4 heteroatoms. The van der Waals surface area contributed by atoms with Crippen LogP contribution in [0, 0.1) is 5.41 Å².